The fraction of sp³-hybridized carbons (Fsp3) is 0.368. The largest absolute Gasteiger partial charge is 0.351 e. The summed E-state index contributed by atoms with van der Waals surface area (Å²) in [6.07, 6.45) is 3.11. The van der Waals surface area contributed by atoms with Gasteiger partial charge in [0, 0.05) is 25.8 Å². The van der Waals surface area contributed by atoms with Crippen molar-refractivity contribution in [3.05, 3.63) is 54.0 Å². The predicted molar refractivity (Wildman–Crippen MR) is 106 cm³/mol. The van der Waals surface area contributed by atoms with E-state index < -0.39 is 15.3 Å². The number of carbonyl (C=O) groups excluding carboxylic acids is 1. The third kappa shape index (κ3) is 5.09. The minimum atomic E-state index is -3.49. The minimum Gasteiger partial charge on any atom is -0.351 e. The van der Waals surface area contributed by atoms with Crippen LogP contribution in [-0.2, 0) is 21.4 Å². The Balaban J connectivity index is 1.55. The molecule has 1 aromatic carbocycles. The Kier molecular flexibility index (Phi) is 6.69. The summed E-state index contributed by atoms with van der Waals surface area (Å²) in [6.45, 7) is 3.15. The number of hydrogen-bond acceptors (Lipinski definition) is 5. The van der Waals surface area contributed by atoms with E-state index in [2.05, 4.69) is 10.3 Å². The number of hydrogen-bond donors (Lipinski definition) is 1. The molecule has 2 heterocycles. The molecule has 0 aliphatic carbocycles. The Morgan fingerprint density at radius 1 is 1.21 bits per heavy atom. The van der Waals surface area contributed by atoms with Crippen molar-refractivity contribution in [2.24, 2.45) is 0 Å². The molecule has 0 spiro atoms. The molecule has 1 atom stereocenters. The van der Waals surface area contributed by atoms with Crippen LogP contribution in [0.1, 0.15) is 25.3 Å². The normalized spacial score (nSPS) is 16.1. The Morgan fingerprint density at radius 2 is 1.89 bits per heavy atom. The van der Waals surface area contributed by atoms with E-state index in [0.29, 0.717) is 24.7 Å². The molecule has 1 saturated heterocycles. The molecule has 3 rings (SSSR count). The summed E-state index contributed by atoms with van der Waals surface area (Å²) in [6, 6.07) is 9.09. The molecule has 150 valence electrons. The number of halogens is 1. The Labute approximate surface area is 168 Å². The van der Waals surface area contributed by atoms with E-state index in [4.69, 9.17) is 0 Å². The third-order valence-corrected chi connectivity index (χ3v) is 7.39. The van der Waals surface area contributed by atoms with Gasteiger partial charge in [-0.1, -0.05) is 23.9 Å². The lowest BCUT2D eigenvalue weighted by Gasteiger charge is -2.15. The lowest BCUT2D eigenvalue weighted by atomic mass is 10.2. The first-order valence-electron chi connectivity index (χ1n) is 9.01. The molecule has 0 radical (unpaired) electrons. The number of thioether (sulfide) groups is 1. The van der Waals surface area contributed by atoms with Gasteiger partial charge in [-0.15, -0.1) is 0 Å². The number of amides is 1. The highest BCUT2D eigenvalue weighted by Gasteiger charge is 2.27. The Hall–Kier alpha value is -1.97. The SMILES string of the molecule is CC(Sc1ccc(S(=O)(=O)N2CCCC2)cn1)C(=O)NCc1ccc(F)cc1. The molecule has 1 fully saturated rings. The number of nitrogens with one attached hydrogen (secondary N) is 1. The van der Waals surface area contributed by atoms with Crippen LogP contribution >= 0.6 is 11.8 Å². The van der Waals surface area contributed by atoms with Crippen molar-refractivity contribution in [3.8, 4) is 0 Å². The van der Waals surface area contributed by atoms with Crippen molar-refractivity contribution in [2.45, 2.75) is 41.5 Å². The minimum absolute atomic E-state index is 0.173. The van der Waals surface area contributed by atoms with E-state index in [1.165, 1.54) is 40.5 Å². The highest BCUT2D eigenvalue weighted by atomic mass is 32.2. The van der Waals surface area contributed by atoms with Gasteiger partial charge < -0.3 is 5.32 Å². The van der Waals surface area contributed by atoms with Crippen LogP contribution in [0.2, 0.25) is 0 Å². The van der Waals surface area contributed by atoms with Crippen molar-refractivity contribution in [1.82, 2.24) is 14.6 Å². The zero-order chi connectivity index (χ0) is 20.1. The Bertz CT molecular complexity index is 912. The smallest absolute Gasteiger partial charge is 0.244 e. The fourth-order valence-electron chi connectivity index (χ4n) is 2.84. The monoisotopic (exact) mass is 423 g/mol. The molecule has 1 aromatic heterocycles. The quantitative estimate of drug-likeness (QED) is 0.693. The number of aromatic nitrogens is 1. The topological polar surface area (TPSA) is 79.4 Å². The maximum absolute atomic E-state index is 12.9. The van der Waals surface area contributed by atoms with E-state index in [1.807, 2.05) is 0 Å². The first-order chi connectivity index (χ1) is 13.4. The highest BCUT2D eigenvalue weighted by molar-refractivity contribution is 8.00. The molecular weight excluding hydrogens is 401 g/mol. The van der Waals surface area contributed by atoms with Crippen molar-refractivity contribution < 1.29 is 17.6 Å². The maximum atomic E-state index is 12.9. The number of rotatable bonds is 7. The molecule has 1 aliphatic heterocycles. The summed E-state index contributed by atoms with van der Waals surface area (Å²) >= 11 is 1.25. The lowest BCUT2D eigenvalue weighted by molar-refractivity contribution is -0.120. The van der Waals surface area contributed by atoms with E-state index in [0.717, 1.165) is 18.4 Å². The van der Waals surface area contributed by atoms with Gasteiger partial charge in [-0.2, -0.15) is 4.31 Å². The summed E-state index contributed by atoms with van der Waals surface area (Å²) in [5.41, 5.74) is 0.807. The molecule has 1 unspecified atom stereocenters. The summed E-state index contributed by atoms with van der Waals surface area (Å²) in [5, 5.41) is 2.96. The molecule has 1 aliphatic rings. The number of sulfonamides is 1. The van der Waals surface area contributed by atoms with Crippen LogP contribution in [0.25, 0.3) is 0 Å². The standard InChI is InChI=1S/C19H22FN3O3S2/c1-14(19(24)22-12-15-4-6-16(20)7-5-15)27-18-9-8-17(13-21-18)28(25,26)23-10-2-3-11-23/h4-9,13-14H,2-3,10-12H2,1H3,(H,22,24). The fourth-order valence-corrected chi connectivity index (χ4v) is 5.11. The third-order valence-electron chi connectivity index (χ3n) is 4.46. The van der Waals surface area contributed by atoms with Gasteiger partial charge in [0.1, 0.15) is 10.7 Å². The van der Waals surface area contributed by atoms with E-state index >= 15 is 0 Å². The molecule has 0 saturated carbocycles. The van der Waals surface area contributed by atoms with Crippen molar-refractivity contribution >= 4 is 27.7 Å². The average molecular weight is 424 g/mol. The number of pyridine rings is 1. The van der Waals surface area contributed by atoms with Crippen molar-refractivity contribution in [3.63, 3.8) is 0 Å². The Morgan fingerprint density at radius 3 is 2.50 bits per heavy atom. The lowest BCUT2D eigenvalue weighted by Crippen LogP contribution is -2.30. The van der Waals surface area contributed by atoms with Crippen LogP contribution in [0.4, 0.5) is 4.39 Å². The first kappa shape index (κ1) is 20.8. The molecule has 1 amide bonds. The van der Waals surface area contributed by atoms with E-state index in [-0.39, 0.29) is 16.6 Å². The zero-order valence-corrected chi connectivity index (χ0v) is 17.1. The van der Waals surface area contributed by atoms with Gasteiger partial charge in [0.25, 0.3) is 0 Å². The maximum Gasteiger partial charge on any atom is 0.244 e. The van der Waals surface area contributed by atoms with Gasteiger partial charge in [-0.25, -0.2) is 17.8 Å². The van der Waals surface area contributed by atoms with Gasteiger partial charge in [-0.3, -0.25) is 4.79 Å². The van der Waals surface area contributed by atoms with Crippen LogP contribution in [0.5, 0.6) is 0 Å². The zero-order valence-electron chi connectivity index (χ0n) is 15.5. The first-order valence-corrected chi connectivity index (χ1v) is 11.3. The summed E-state index contributed by atoms with van der Waals surface area (Å²) in [7, 11) is -3.49. The molecule has 28 heavy (non-hydrogen) atoms. The number of benzene rings is 1. The van der Waals surface area contributed by atoms with Gasteiger partial charge in [0.2, 0.25) is 15.9 Å². The van der Waals surface area contributed by atoms with Gasteiger partial charge in [0.05, 0.1) is 10.3 Å². The molecule has 2 aromatic rings. The summed E-state index contributed by atoms with van der Waals surface area (Å²) in [4.78, 5) is 16.6. The number of nitrogens with zero attached hydrogens (tertiary/aromatic N) is 2. The molecule has 6 nitrogen and oxygen atoms in total. The van der Waals surface area contributed by atoms with E-state index in [9.17, 15) is 17.6 Å². The second-order valence-electron chi connectivity index (χ2n) is 6.55. The second-order valence-corrected chi connectivity index (χ2v) is 9.85. The molecular formula is C19H22FN3O3S2. The van der Waals surface area contributed by atoms with Crippen LogP contribution in [0, 0.1) is 5.82 Å². The molecule has 0 bridgehead atoms. The van der Waals surface area contributed by atoms with Gasteiger partial charge in [-0.05, 0) is 49.6 Å². The predicted octanol–water partition coefficient (Wildman–Crippen LogP) is 2.80. The summed E-state index contributed by atoms with van der Waals surface area (Å²) < 4.78 is 39.4. The van der Waals surface area contributed by atoms with Crippen LogP contribution in [-0.4, -0.2) is 42.0 Å². The van der Waals surface area contributed by atoms with Gasteiger partial charge in [0.15, 0.2) is 0 Å². The summed E-state index contributed by atoms with van der Waals surface area (Å²) in [5.74, 6) is -0.495. The number of carbonyl (C=O) groups is 1. The second kappa shape index (κ2) is 9.02. The van der Waals surface area contributed by atoms with E-state index in [1.54, 1.807) is 25.1 Å². The molecule has 9 heteroatoms. The average Bonchev–Trinajstić information content (AvgIpc) is 3.23. The molecule has 1 N–H and O–H groups in total. The van der Waals surface area contributed by atoms with Crippen LogP contribution in [0.15, 0.2) is 52.5 Å². The van der Waals surface area contributed by atoms with Crippen LogP contribution < -0.4 is 5.32 Å². The highest BCUT2D eigenvalue weighted by Crippen LogP contribution is 2.25. The van der Waals surface area contributed by atoms with Gasteiger partial charge >= 0.3 is 0 Å². The van der Waals surface area contributed by atoms with Crippen molar-refractivity contribution in [1.29, 1.82) is 0 Å². The van der Waals surface area contributed by atoms with Crippen LogP contribution in [0.3, 0.4) is 0 Å². The van der Waals surface area contributed by atoms with Crippen molar-refractivity contribution in [2.75, 3.05) is 13.1 Å².